The quantitative estimate of drug-likeness (QED) is 0.789. The lowest BCUT2D eigenvalue weighted by Crippen LogP contribution is -2.55. The van der Waals surface area contributed by atoms with Crippen LogP contribution in [0.1, 0.15) is 38.4 Å². The number of hydrogen-bond donors (Lipinski definition) is 0. The van der Waals surface area contributed by atoms with Crippen LogP contribution in [-0.4, -0.2) is 68.9 Å². The maximum Gasteiger partial charge on any atom is 0.327 e. The van der Waals surface area contributed by atoms with Gasteiger partial charge in [-0.05, 0) is 26.7 Å². The predicted molar refractivity (Wildman–Crippen MR) is 85.8 cm³/mol. The fourth-order valence-electron chi connectivity index (χ4n) is 3.73. The lowest BCUT2D eigenvalue weighted by atomic mass is 9.86. The number of hydrogen-bond acceptors (Lipinski definition) is 4. The van der Waals surface area contributed by atoms with E-state index in [1.54, 1.807) is 19.0 Å². The normalized spacial score (nSPS) is 22.0. The van der Waals surface area contributed by atoms with Gasteiger partial charge in [-0.3, -0.25) is 14.6 Å². The van der Waals surface area contributed by atoms with Gasteiger partial charge < -0.3 is 9.47 Å². The molecule has 1 spiro atoms. The summed E-state index contributed by atoms with van der Waals surface area (Å²) in [4.78, 5) is 34.0. The highest BCUT2D eigenvalue weighted by molar-refractivity contribution is 6.06. The minimum absolute atomic E-state index is 0.0585. The average Bonchev–Trinajstić information content (AvgIpc) is 3.06. The van der Waals surface area contributed by atoms with E-state index in [4.69, 9.17) is 0 Å². The molecule has 2 aliphatic rings. The molecule has 7 nitrogen and oxygen atoms in total. The van der Waals surface area contributed by atoms with Crippen molar-refractivity contribution in [1.82, 2.24) is 24.3 Å². The van der Waals surface area contributed by atoms with Crippen LogP contribution >= 0.6 is 0 Å². The van der Waals surface area contributed by atoms with E-state index in [0.29, 0.717) is 18.9 Å². The summed E-state index contributed by atoms with van der Waals surface area (Å²) in [6.07, 6.45) is 5.16. The first-order valence-corrected chi connectivity index (χ1v) is 8.16. The molecular formula is C16H25N5O2. The summed E-state index contributed by atoms with van der Waals surface area (Å²) in [5.41, 5.74) is 0.552. The topological polar surface area (TPSA) is 61.7 Å². The number of piperidine rings is 1. The number of carbonyl (C=O) groups excluding carboxylic acids is 2. The van der Waals surface area contributed by atoms with E-state index < -0.39 is 5.54 Å². The van der Waals surface area contributed by atoms with Crippen LogP contribution < -0.4 is 0 Å². The predicted octanol–water partition coefficient (Wildman–Crippen LogP) is 1.32. The van der Waals surface area contributed by atoms with E-state index in [1.807, 2.05) is 12.5 Å². The van der Waals surface area contributed by atoms with Gasteiger partial charge in [0.1, 0.15) is 5.54 Å². The summed E-state index contributed by atoms with van der Waals surface area (Å²) in [6.45, 7) is 6.73. The number of nitrogens with zero attached hydrogens (tertiary/aromatic N) is 5. The second-order valence-electron chi connectivity index (χ2n) is 6.90. The summed E-state index contributed by atoms with van der Waals surface area (Å²) in [5, 5.41) is 0. The first-order valence-electron chi connectivity index (χ1n) is 8.16. The molecule has 3 rings (SSSR count). The molecule has 7 heteroatoms. The number of likely N-dealkylation sites (N-methyl/N-ethyl adjacent to an activating group) is 2. The van der Waals surface area contributed by atoms with Crippen LogP contribution in [0, 0.1) is 0 Å². The van der Waals surface area contributed by atoms with E-state index in [0.717, 1.165) is 19.6 Å². The number of imide groups is 1. The van der Waals surface area contributed by atoms with Gasteiger partial charge in [-0.15, -0.1) is 0 Å². The lowest BCUT2D eigenvalue weighted by Gasteiger charge is -2.40. The zero-order valence-electron chi connectivity index (χ0n) is 14.3. The van der Waals surface area contributed by atoms with Gasteiger partial charge in [0.2, 0.25) is 0 Å². The van der Waals surface area contributed by atoms with Crippen LogP contribution in [0.15, 0.2) is 12.5 Å². The minimum atomic E-state index is -0.638. The van der Waals surface area contributed by atoms with Crippen LogP contribution in [0.2, 0.25) is 0 Å². The Labute approximate surface area is 136 Å². The largest absolute Gasteiger partial charge is 0.331 e. The summed E-state index contributed by atoms with van der Waals surface area (Å²) in [7, 11) is 3.32. The van der Waals surface area contributed by atoms with Crippen molar-refractivity contribution in [2.45, 2.75) is 44.8 Å². The highest BCUT2D eigenvalue weighted by Crippen LogP contribution is 2.35. The van der Waals surface area contributed by atoms with Crippen LogP contribution in [0.5, 0.6) is 0 Å². The van der Waals surface area contributed by atoms with Crippen LogP contribution in [0.25, 0.3) is 0 Å². The molecule has 2 saturated heterocycles. The molecule has 0 unspecified atom stereocenters. The minimum Gasteiger partial charge on any atom is -0.331 e. The van der Waals surface area contributed by atoms with E-state index >= 15 is 0 Å². The maximum absolute atomic E-state index is 12.5. The Kier molecular flexibility index (Phi) is 3.91. The Morgan fingerprint density at radius 1 is 1.22 bits per heavy atom. The Bertz CT molecular complexity index is 616. The third-order valence-electron chi connectivity index (χ3n) is 5.29. The van der Waals surface area contributed by atoms with Gasteiger partial charge in [0.25, 0.3) is 5.91 Å². The van der Waals surface area contributed by atoms with Crippen molar-refractivity contribution in [2.75, 3.05) is 27.2 Å². The molecule has 0 aromatic carbocycles. The van der Waals surface area contributed by atoms with Crippen molar-refractivity contribution in [3.05, 3.63) is 18.2 Å². The molecule has 2 fully saturated rings. The van der Waals surface area contributed by atoms with Gasteiger partial charge >= 0.3 is 6.03 Å². The highest BCUT2D eigenvalue weighted by atomic mass is 16.2. The highest BCUT2D eigenvalue weighted by Gasteiger charge is 2.55. The SMILES string of the molecule is CC(C)n1cncc1CN1CCC2(CC1)C(=O)N(C)C(=O)N2C. The molecule has 0 radical (unpaired) electrons. The molecule has 1 aromatic rings. The molecule has 23 heavy (non-hydrogen) atoms. The zero-order valence-corrected chi connectivity index (χ0v) is 14.3. The first-order chi connectivity index (χ1) is 10.9. The second kappa shape index (κ2) is 5.63. The van der Waals surface area contributed by atoms with E-state index in [2.05, 4.69) is 28.3 Å². The smallest absolute Gasteiger partial charge is 0.327 e. The summed E-state index contributed by atoms with van der Waals surface area (Å²) >= 11 is 0. The third kappa shape index (κ3) is 2.43. The van der Waals surface area contributed by atoms with E-state index in [9.17, 15) is 9.59 Å². The van der Waals surface area contributed by atoms with Crippen molar-refractivity contribution < 1.29 is 9.59 Å². The van der Waals surface area contributed by atoms with Gasteiger partial charge in [-0.2, -0.15) is 0 Å². The zero-order chi connectivity index (χ0) is 16.8. The van der Waals surface area contributed by atoms with Gasteiger partial charge in [-0.1, -0.05) is 0 Å². The number of likely N-dealkylation sites (tertiary alicyclic amines) is 1. The Morgan fingerprint density at radius 2 is 1.87 bits per heavy atom. The number of urea groups is 1. The van der Waals surface area contributed by atoms with Crippen molar-refractivity contribution in [3.63, 3.8) is 0 Å². The van der Waals surface area contributed by atoms with Crippen LogP contribution in [0.3, 0.4) is 0 Å². The van der Waals surface area contributed by atoms with Crippen LogP contribution in [-0.2, 0) is 11.3 Å². The fourth-order valence-corrected chi connectivity index (χ4v) is 3.73. The molecule has 0 aliphatic carbocycles. The van der Waals surface area contributed by atoms with Gasteiger partial charge in [0.05, 0.1) is 12.0 Å². The number of rotatable bonds is 3. The van der Waals surface area contributed by atoms with E-state index in [-0.39, 0.29) is 11.9 Å². The van der Waals surface area contributed by atoms with Crippen molar-refractivity contribution in [1.29, 1.82) is 0 Å². The molecule has 3 amide bonds. The molecule has 0 saturated carbocycles. The monoisotopic (exact) mass is 319 g/mol. The fraction of sp³-hybridized carbons (Fsp3) is 0.688. The standard InChI is InChI=1S/C16H25N5O2/c1-12(2)21-11-17-9-13(21)10-20-7-5-16(6-8-20)14(22)18(3)15(23)19(16)4/h9,11-12H,5-8,10H2,1-4H3. The third-order valence-corrected chi connectivity index (χ3v) is 5.29. The van der Waals surface area contributed by atoms with Crippen molar-refractivity contribution in [3.8, 4) is 0 Å². The molecule has 0 N–H and O–H groups in total. The molecule has 2 aliphatic heterocycles. The molecular weight excluding hydrogens is 294 g/mol. The number of carbonyl (C=O) groups is 2. The average molecular weight is 319 g/mol. The second-order valence-corrected chi connectivity index (χ2v) is 6.90. The van der Waals surface area contributed by atoms with Crippen molar-refractivity contribution in [2.24, 2.45) is 0 Å². The first kappa shape index (κ1) is 16.0. The molecule has 1 aromatic heterocycles. The number of imidazole rings is 1. The van der Waals surface area contributed by atoms with E-state index in [1.165, 1.54) is 10.6 Å². The number of aromatic nitrogens is 2. The molecule has 0 bridgehead atoms. The Morgan fingerprint density at radius 3 is 2.39 bits per heavy atom. The van der Waals surface area contributed by atoms with Gasteiger partial charge in [0.15, 0.2) is 0 Å². The molecule has 0 atom stereocenters. The van der Waals surface area contributed by atoms with Gasteiger partial charge in [0, 0.05) is 46.0 Å². The number of amides is 3. The molecule has 3 heterocycles. The Balaban J connectivity index is 1.68. The summed E-state index contributed by atoms with van der Waals surface area (Å²) < 4.78 is 2.18. The summed E-state index contributed by atoms with van der Waals surface area (Å²) in [6, 6.07) is 0.193. The van der Waals surface area contributed by atoms with Gasteiger partial charge in [-0.25, -0.2) is 9.78 Å². The van der Waals surface area contributed by atoms with Crippen molar-refractivity contribution >= 4 is 11.9 Å². The maximum atomic E-state index is 12.5. The lowest BCUT2D eigenvalue weighted by molar-refractivity contribution is -0.134. The van der Waals surface area contributed by atoms with Crippen LogP contribution in [0.4, 0.5) is 4.79 Å². The summed E-state index contributed by atoms with van der Waals surface area (Å²) in [5.74, 6) is -0.0585. The Hall–Kier alpha value is -1.89. The molecule has 126 valence electrons.